The van der Waals surface area contributed by atoms with Gasteiger partial charge >= 0.3 is 5.97 Å². The first-order chi connectivity index (χ1) is 14.4. The molecule has 0 aliphatic carbocycles. The molecule has 1 aromatic heterocycles. The Bertz CT molecular complexity index is 1050. The molecule has 1 atom stereocenters. The van der Waals surface area contributed by atoms with E-state index in [2.05, 4.69) is 10.2 Å². The van der Waals surface area contributed by atoms with Crippen LogP contribution < -0.4 is 9.47 Å². The van der Waals surface area contributed by atoms with Crippen molar-refractivity contribution in [1.82, 2.24) is 10.2 Å². The molecule has 1 heterocycles. The molecule has 0 fully saturated rings. The second kappa shape index (κ2) is 9.03. The Morgan fingerprint density at radius 1 is 1.20 bits per heavy atom. The Hall–Kier alpha value is -3.95. The zero-order valence-electron chi connectivity index (χ0n) is 16.5. The van der Waals surface area contributed by atoms with Gasteiger partial charge in [-0.05, 0) is 26.0 Å². The summed E-state index contributed by atoms with van der Waals surface area (Å²) in [5.74, 6) is -0.285. The molecule has 30 heavy (non-hydrogen) atoms. The SMILES string of the molecule is CCOc1cc([N+](=O)[O-])c(C(=O)OC(C)c2nnc(-c3ccccc3)o2)cc1OC. The van der Waals surface area contributed by atoms with Crippen molar-refractivity contribution >= 4 is 11.7 Å². The number of hydrogen-bond acceptors (Lipinski definition) is 9. The third kappa shape index (κ3) is 4.37. The molecule has 0 aliphatic heterocycles. The molecule has 1 unspecified atom stereocenters. The van der Waals surface area contributed by atoms with Gasteiger partial charge in [-0.2, -0.15) is 0 Å². The van der Waals surface area contributed by atoms with Crippen molar-refractivity contribution < 1.29 is 28.3 Å². The molecule has 3 aromatic rings. The predicted molar refractivity (Wildman–Crippen MR) is 104 cm³/mol. The van der Waals surface area contributed by atoms with Gasteiger partial charge in [0.25, 0.3) is 11.6 Å². The number of ether oxygens (including phenoxy) is 3. The normalized spacial score (nSPS) is 11.6. The fraction of sp³-hybridized carbons (Fsp3) is 0.250. The molecule has 0 saturated heterocycles. The Kier molecular flexibility index (Phi) is 6.26. The van der Waals surface area contributed by atoms with E-state index in [0.717, 1.165) is 6.07 Å². The van der Waals surface area contributed by atoms with Crippen molar-refractivity contribution in [3.05, 3.63) is 64.0 Å². The van der Waals surface area contributed by atoms with Crippen LogP contribution in [0.2, 0.25) is 0 Å². The maximum Gasteiger partial charge on any atom is 0.346 e. The minimum Gasteiger partial charge on any atom is -0.493 e. The summed E-state index contributed by atoms with van der Waals surface area (Å²) in [4.78, 5) is 23.4. The fourth-order valence-corrected chi connectivity index (χ4v) is 2.66. The Morgan fingerprint density at radius 2 is 1.93 bits per heavy atom. The van der Waals surface area contributed by atoms with Gasteiger partial charge < -0.3 is 18.6 Å². The first-order valence-corrected chi connectivity index (χ1v) is 9.03. The van der Waals surface area contributed by atoms with Crippen LogP contribution in [0.25, 0.3) is 11.5 Å². The van der Waals surface area contributed by atoms with Crippen LogP contribution >= 0.6 is 0 Å². The number of hydrogen-bond donors (Lipinski definition) is 0. The average Bonchev–Trinajstić information content (AvgIpc) is 3.24. The van der Waals surface area contributed by atoms with Gasteiger partial charge in [0.15, 0.2) is 17.6 Å². The van der Waals surface area contributed by atoms with E-state index in [4.69, 9.17) is 18.6 Å². The van der Waals surface area contributed by atoms with E-state index in [-0.39, 0.29) is 35.5 Å². The highest BCUT2D eigenvalue weighted by atomic mass is 16.6. The summed E-state index contributed by atoms with van der Waals surface area (Å²) >= 11 is 0. The Labute approximate surface area is 171 Å². The molecule has 0 bridgehead atoms. The summed E-state index contributed by atoms with van der Waals surface area (Å²) < 4.78 is 21.4. The Balaban J connectivity index is 1.85. The highest BCUT2D eigenvalue weighted by Gasteiger charge is 2.28. The largest absolute Gasteiger partial charge is 0.493 e. The van der Waals surface area contributed by atoms with E-state index in [1.807, 2.05) is 18.2 Å². The minimum absolute atomic E-state index is 0.0581. The van der Waals surface area contributed by atoms with Crippen LogP contribution in [0.3, 0.4) is 0 Å². The van der Waals surface area contributed by atoms with E-state index >= 15 is 0 Å². The first kappa shape index (κ1) is 20.8. The number of methoxy groups -OCH3 is 1. The standard InChI is InChI=1S/C20H19N3O7/c1-4-28-17-11-15(23(25)26)14(10-16(17)27-3)20(24)29-12(2)18-21-22-19(30-18)13-8-6-5-7-9-13/h5-12H,4H2,1-3H3. The molecule has 0 aliphatic rings. The average molecular weight is 413 g/mol. The number of carbonyl (C=O) groups is 1. The summed E-state index contributed by atoms with van der Waals surface area (Å²) in [6, 6.07) is 11.4. The van der Waals surface area contributed by atoms with Crippen molar-refractivity contribution in [2.45, 2.75) is 20.0 Å². The van der Waals surface area contributed by atoms with Crippen molar-refractivity contribution in [3.8, 4) is 23.0 Å². The number of rotatable bonds is 8. The van der Waals surface area contributed by atoms with Gasteiger partial charge in [0, 0.05) is 11.6 Å². The molecule has 3 rings (SSSR count). The van der Waals surface area contributed by atoms with Gasteiger partial charge in [-0.1, -0.05) is 18.2 Å². The van der Waals surface area contributed by atoms with Crippen LogP contribution in [0.5, 0.6) is 11.5 Å². The van der Waals surface area contributed by atoms with Crippen molar-refractivity contribution in [2.24, 2.45) is 0 Å². The van der Waals surface area contributed by atoms with Gasteiger partial charge in [0.05, 0.1) is 24.7 Å². The highest BCUT2D eigenvalue weighted by Crippen LogP contribution is 2.36. The predicted octanol–water partition coefficient (Wildman–Crippen LogP) is 3.97. The number of nitro groups is 1. The molecule has 0 N–H and O–H groups in total. The number of nitrogens with zero attached hydrogens (tertiary/aromatic N) is 3. The van der Waals surface area contributed by atoms with Crippen LogP contribution in [-0.2, 0) is 4.74 Å². The summed E-state index contributed by atoms with van der Waals surface area (Å²) in [6.45, 7) is 3.52. The van der Waals surface area contributed by atoms with Gasteiger partial charge in [-0.25, -0.2) is 4.79 Å². The van der Waals surface area contributed by atoms with Crippen molar-refractivity contribution in [3.63, 3.8) is 0 Å². The van der Waals surface area contributed by atoms with Gasteiger partial charge in [-0.15, -0.1) is 10.2 Å². The maximum absolute atomic E-state index is 12.7. The third-order valence-electron chi connectivity index (χ3n) is 4.09. The van der Waals surface area contributed by atoms with E-state index in [1.165, 1.54) is 20.1 Å². The Morgan fingerprint density at radius 3 is 2.57 bits per heavy atom. The lowest BCUT2D eigenvalue weighted by molar-refractivity contribution is -0.385. The second-order valence-electron chi connectivity index (χ2n) is 6.07. The van der Waals surface area contributed by atoms with Gasteiger partial charge in [0.2, 0.25) is 5.89 Å². The minimum atomic E-state index is -0.935. The zero-order valence-corrected chi connectivity index (χ0v) is 16.5. The lowest BCUT2D eigenvalue weighted by Gasteiger charge is -2.13. The monoisotopic (exact) mass is 413 g/mol. The van der Waals surface area contributed by atoms with Gasteiger partial charge in [0.1, 0.15) is 5.56 Å². The summed E-state index contributed by atoms with van der Waals surface area (Å²) in [7, 11) is 1.37. The number of nitro benzene ring substituents is 1. The molecule has 0 amide bonds. The molecule has 0 radical (unpaired) electrons. The van der Waals surface area contributed by atoms with Crippen LogP contribution in [0.4, 0.5) is 5.69 Å². The molecule has 10 heteroatoms. The number of esters is 1. The lowest BCUT2D eigenvalue weighted by atomic mass is 10.1. The topological polar surface area (TPSA) is 127 Å². The number of aromatic nitrogens is 2. The summed E-state index contributed by atoms with van der Waals surface area (Å²) in [5, 5.41) is 19.3. The van der Waals surface area contributed by atoms with Crippen LogP contribution in [0.15, 0.2) is 46.9 Å². The smallest absolute Gasteiger partial charge is 0.346 e. The van der Waals surface area contributed by atoms with Crippen LogP contribution in [0.1, 0.15) is 36.2 Å². The second-order valence-corrected chi connectivity index (χ2v) is 6.07. The van der Waals surface area contributed by atoms with Crippen LogP contribution in [-0.4, -0.2) is 34.8 Å². The lowest BCUT2D eigenvalue weighted by Crippen LogP contribution is -2.12. The molecule has 2 aromatic carbocycles. The first-order valence-electron chi connectivity index (χ1n) is 9.03. The molecular weight excluding hydrogens is 394 g/mol. The number of benzene rings is 2. The molecule has 0 spiro atoms. The van der Waals surface area contributed by atoms with E-state index in [9.17, 15) is 14.9 Å². The molecule has 0 saturated carbocycles. The molecule has 10 nitrogen and oxygen atoms in total. The van der Waals surface area contributed by atoms with Crippen LogP contribution in [0, 0.1) is 10.1 Å². The zero-order chi connectivity index (χ0) is 21.7. The third-order valence-corrected chi connectivity index (χ3v) is 4.09. The quantitative estimate of drug-likeness (QED) is 0.306. The summed E-state index contributed by atoms with van der Waals surface area (Å²) in [6.07, 6.45) is -0.931. The van der Waals surface area contributed by atoms with E-state index < -0.39 is 22.7 Å². The summed E-state index contributed by atoms with van der Waals surface area (Å²) in [5.41, 5.74) is -0.0384. The van der Waals surface area contributed by atoms with Crippen molar-refractivity contribution in [2.75, 3.05) is 13.7 Å². The molecule has 156 valence electrons. The number of carbonyl (C=O) groups excluding carboxylic acids is 1. The van der Waals surface area contributed by atoms with Gasteiger partial charge in [-0.3, -0.25) is 10.1 Å². The fourth-order valence-electron chi connectivity index (χ4n) is 2.66. The molecular formula is C20H19N3O7. The van der Waals surface area contributed by atoms with E-state index in [0.29, 0.717) is 5.56 Å². The maximum atomic E-state index is 12.7. The highest BCUT2D eigenvalue weighted by molar-refractivity contribution is 5.95. The van der Waals surface area contributed by atoms with Crippen molar-refractivity contribution in [1.29, 1.82) is 0 Å². The van der Waals surface area contributed by atoms with E-state index in [1.54, 1.807) is 19.1 Å².